The molecule has 1 aliphatic heterocycles. The average Bonchev–Trinajstić information content (AvgIpc) is 2.67. The SMILES string of the molecule is Cc1ccccc1COc1ccccc1C(=O)N1CCCC(CO)C1. The molecule has 0 bridgehead atoms. The van der Waals surface area contributed by atoms with E-state index in [-0.39, 0.29) is 18.4 Å². The van der Waals surface area contributed by atoms with Gasteiger partial charge in [0.2, 0.25) is 0 Å². The normalized spacial score (nSPS) is 17.4. The van der Waals surface area contributed by atoms with Gasteiger partial charge in [-0.3, -0.25) is 4.79 Å². The Morgan fingerprint density at radius 2 is 1.96 bits per heavy atom. The number of rotatable bonds is 5. The van der Waals surface area contributed by atoms with Crippen molar-refractivity contribution in [3.8, 4) is 5.75 Å². The Bertz CT molecular complexity index is 729. The van der Waals surface area contributed by atoms with Crippen molar-refractivity contribution in [2.75, 3.05) is 19.7 Å². The van der Waals surface area contributed by atoms with Crippen molar-refractivity contribution in [3.63, 3.8) is 0 Å². The largest absolute Gasteiger partial charge is 0.488 e. The Labute approximate surface area is 149 Å². The predicted molar refractivity (Wildman–Crippen MR) is 97.7 cm³/mol. The van der Waals surface area contributed by atoms with Crippen molar-refractivity contribution in [2.24, 2.45) is 5.92 Å². The van der Waals surface area contributed by atoms with Gasteiger partial charge in [-0.05, 0) is 48.9 Å². The van der Waals surface area contributed by atoms with E-state index in [1.54, 1.807) is 0 Å². The number of aliphatic hydroxyl groups excluding tert-OH is 1. The Morgan fingerprint density at radius 3 is 2.76 bits per heavy atom. The second kappa shape index (κ2) is 8.17. The number of likely N-dealkylation sites (tertiary alicyclic amines) is 1. The fourth-order valence-corrected chi connectivity index (χ4v) is 3.27. The maximum absolute atomic E-state index is 12.9. The number of hydrogen-bond acceptors (Lipinski definition) is 3. The first kappa shape index (κ1) is 17.5. The second-order valence-corrected chi connectivity index (χ2v) is 6.65. The molecule has 1 fully saturated rings. The van der Waals surface area contributed by atoms with Gasteiger partial charge in [0.1, 0.15) is 12.4 Å². The quantitative estimate of drug-likeness (QED) is 0.908. The smallest absolute Gasteiger partial charge is 0.257 e. The molecule has 0 aromatic heterocycles. The highest BCUT2D eigenvalue weighted by Gasteiger charge is 2.25. The number of nitrogens with zero attached hydrogens (tertiary/aromatic N) is 1. The van der Waals surface area contributed by atoms with Gasteiger partial charge >= 0.3 is 0 Å². The monoisotopic (exact) mass is 339 g/mol. The van der Waals surface area contributed by atoms with E-state index < -0.39 is 0 Å². The van der Waals surface area contributed by atoms with Crippen LogP contribution in [0.3, 0.4) is 0 Å². The molecule has 1 N–H and O–H groups in total. The van der Waals surface area contributed by atoms with Crippen LogP contribution in [0.5, 0.6) is 5.75 Å². The molecule has 2 aromatic carbocycles. The van der Waals surface area contributed by atoms with E-state index in [1.807, 2.05) is 47.4 Å². The van der Waals surface area contributed by atoms with Crippen LogP contribution in [-0.4, -0.2) is 35.6 Å². The molecule has 1 aliphatic rings. The van der Waals surface area contributed by atoms with Crippen LogP contribution in [0.1, 0.15) is 34.3 Å². The number of carbonyl (C=O) groups excluding carboxylic acids is 1. The van der Waals surface area contributed by atoms with Crippen LogP contribution in [0.2, 0.25) is 0 Å². The number of piperidine rings is 1. The Kier molecular flexibility index (Phi) is 5.71. The molecule has 3 rings (SSSR count). The molecule has 0 spiro atoms. The number of aliphatic hydroxyl groups is 1. The van der Waals surface area contributed by atoms with E-state index >= 15 is 0 Å². The Morgan fingerprint density at radius 1 is 1.20 bits per heavy atom. The summed E-state index contributed by atoms with van der Waals surface area (Å²) in [5, 5.41) is 9.39. The third kappa shape index (κ3) is 4.20. The van der Waals surface area contributed by atoms with Gasteiger partial charge in [-0.2, -0.15) is 0 Å². The minimum Gasteiger partial charge on any atom is -0.488 e. The third-order valence-electron chi connectivity index (χ3n) is 4.83. The summed E-state index contributed by atoms with van der Waals surface area (Å²) < 4.78 is 5.97. The molecule has 0 aliphatic carbocycles. The van der Waals surface area contributed by atoms with Crippen molar-refractivity contribution in [3.05, 3.63) is 65.2 Å². The highest BCUT2D eigenvalue weighted by molar-refractivity contribution is 5.97. The van der Waals surface area contributed by atoms with E-state index in [4.69, 9.17) is 4.74 Å². The molecule has 1 heterocycles. The molecule has 4 heteroatoms. The van der Waals surface area contributed by atoms with Gasteiger partial charge in [0.25, 0.3) is 5.91 Å². The minimum absolute atomic E-state index is 0.0152. The van der Waals surface area contributed by atoms with Gasteiger partial charge in [-0.25, -0.2) is 0 Å². The van der Waals surface area contributed by atoms with Crippen molar-refractivity contribution in [1.29, 1.82) is 0 Å². The summed E-state index contributed by atoms with van der Waals surface area (Å²) in [6.45, 7) is 3.98. The second-order valence-electron chi connectivity index (χ2n) is 6.65. The number of para-hydroxylation sites is 1. The van der Waals surface area contributed by atoms with E-state index in [0.717, 1.165) is 24.9 Å². The zero-order valence-electron chi connectivity index (χ0n) is 14.6. The molecule has 25 heavy (non-hydrogen) atoms. The van der Waals surface area contributed by atoms with E-state index in [0.29, 0.717) is 24.5 Å². The van der Waals surface area contributed by atoms with Crippen LogP contribution in [0.25, 0.3) is 0 Å². The number of benzene rings is 2. The zero-order valence-corrected chi connectivity index (χ0v) is 14.6. The van der Waals surface area contributed by atoms with Crippen molar-refractivity contribution in [1.82, 2.24) is 4.90 Å². The molecular formula is C21H25NO3. The number of ether oxygens (including phenoxy) is 1. The molecule has 1 atom stereocenters. The van der Waals surface area contributed by atoms with Crippen molar-refractivity contribution < 1.29 is 14.6 Å². The van der Waals surface area contributed by atoms with E-state index in [1.165, 1.54) is 5.56 Å². The van der Waals surface area contributed by atoms with Gasteiger partial charge in [-0.1, -0.05) is 36.4 Å². The van der Waals surface area contributed by atoms with Crippen LogP contribution in [0.4, 0.5) is 0 Å². The molecule has 132 valence electrons. The fraction of sp³-hybridized carbons (Fsp3) is 0.381. The van der Waals surface area contributed by atoms with Crippen LogP contribution in [0.15, 0.2) is 48.5 Å². The molecule has 0 saturated carbocycles. The van der Waals surface area contributed by atoms with E-state index in [9.17, 15) is 9.90 Å². The molecule has 1 saturated heterocycles. The van der Waals surface area contributed by atoms with Crippen LogP contribution < -0.4 is 4.74 Å². The summed E-state index contributed by atoms with van der Waals surface area (Å²) in [4.78, 5) is 14.8. The Balaban J connectivity index is 1.74. The summed E-state index contributed by atoms with van der Waals surface area (Å²) in [6, 6.07) is 15.5. The number of carbonyl (C=O) groups is 1. The van der Waals surface area contributed by atoms with Gasteiger partial charge in [0, 0.05) is 19.7 Å². The summed E-state index contributed by atoms with van der Waals surface area (Å²) >= 11 is 0. The maximum Gasteiger partial charge on any atom is 0.257 e. The third-order valence-corrected chi connectivity index (χ3v) is 4.83. The predicted octanol–water partition coefficient (Wildman–Crippen LogP) is 3.42. The molecule has 1 unspecified atom stereocenters. The lowest BCUT2D eigenvalue weighted by molar-refractivity contribution is 0.0616. The highest BCUT2D eigenvalue weighted by atomic mass is 16.5. The molecule has 0 radical (unpaired) electrons. The molecule has 2 aromatic rings. The van der Waals surface area contributed by atoms with Crippen LogP contribution in [0, 0.1) is 12.8 Å². The summed E-state index contributed by atoms with van der Waals surface area (Å²) in [5.41, 5.74) is 2.88. The first-order chi connectivity index (χ1) is 12.2. The Hall–Kier alpha value is -2.33. The van der Waals surface area contributed by atoms with Crippen LogP contribution >= 0.6 is 0 Å². The van der Waals surface area contributed by atoms with Gasteiger partial charge in [-0.15, -0.1) is 0 Å². The minimum atomic E-state index is -0.0152. The maximum atomic E-state index is 12.9. The molecule has 4 nitrogen and oxygen atoms in total. The molecular weight excluding hydrogens is 314 g/mol. The highest BCUT2D eigenvalue weighted by Crippen LogP contribution is 2.24. The van der Waals surface area contributed by atoms with Gasteiger partial charge in [0.05, 0.1) is 5.56 Å². The van der Waals surface area contributed by atoms with Crippen molar-refractivity contribution in [2.45, 2.75) is 26.4 Å². The van der Waals surface area contributed by atoms with Crippen LogP contribution in [-0.2, 0) is 6.61 Å². The van der Waals surface area contributed by atoms with Gasteiger partial charge < -0.3 is 14.7 Å². The number of aryl methyl sites for hydroxylation is 1. The lowest BCUT2D eigenvalue weighted by Gasteiger charge is -2.32. The standard InChI is InChI=1S/C21H25NO3/c1-16-7-2-3-9-18(16)15-25-20-11-5-4-10-19(20)21(24)22-12-6-8-17(13-22)14-23/h2-5,7,9-11,17,23H,6,8,12-15H2,1H3. The molecule has 1 amide bonds. The van der Waals surface area contributed by atoms with E-state index in [2.05, 4.69) is 13.0 Å². The van der Waals surface area contributed by atoms with Gasteiger partial charge in [0.15, 0.2) is 0 Å². The first-order valence-corrected chi connectivity index (χ1v) is 8.85. The number of amides is 1. The summed E-state index contributed by atoms with van der Waals surface area (Å²) in [5.74, 6) is 0.776. The lowest BCUT2D eigenvalue weighted by atomic mass is 9.98. The average molecular weight is 339 g/mol. The summed E-state index contributed by atoms with van der Waals surface area (Å²) in [6.07, 6.45) is 1.91. The lowest BCUT2D eigenvalue weighted by Crippen LogP contribution is -2.41. The topological polar surface area (TPSA) is 49.8 Å². The van der Waals surface area contributed by atoms with Crippen molar-refractivity contribution >= 4 is 5.91 Å². The first-order valence-electron chi connectivity index (χ1n) is 8.85. The fourth-order valence-electron chi connectivity index (χ4n) is 3.27. The zero-order chi connectivity index (χ0) is 17.6. The number of hydrogen-bond donors (Lipinski definition) is 1. The summed E-state index contributed by atoms with van der Waals surface area (Å²) in [7, 11) is 0.